The molecule has 5 N–H and O–H groups in total. The molecule has 1 aliphatic rings. The fraction of sp³-hybridized carbons (Fsp3) is 0.222. The molecule has 0 saturated carbocycles. The number of ether oxygens (including phenoxy) is 1. The molecule has 38 heavy (non-hydrogen) atoms. The number of benzene rings is 3. The number of nitrogens with two attached hydrogens (primary N) is 1. The lowest BCUT2D eigenvalue weighted by molar-refractivity contribution is -0.140. The highest BCUT2D eigenvalue weighted by molar-refractivity contribution is 7.92. The molecule has 4 rings (SSSR count). The number of carboxylic acid groups (broad SMARTS) is 1. The van der Waals surface area contributed by atoms with E-state index in [9.17, 15) is 23.1 Å². The third kappa shape index (κ3) is 6.48. The van der Waals surface area contributed by atoms with Gasteiger partial charge in [-0.3, -0.25) is 19.7 Å². The van der Waals surface area contributed by atoms with Crippen LogP contribution < -0.4 is 20.1 Å². The molecule has 1 saturated heterocycles. The monoisotopic (exact) mass is 536 g/mol. The number of hydrogen-bond donors (Lipinski definition) is 4. The number of sulfonamides is 1. The molecule has 3 aromatic rings. The number of hydrogen-bond acceptors (Lipinski definition) is 6. The number of anilines is 2. The van der Waals surface area contributed by atoms with Gasteiger partial charge in [-0.1, -0.05) is 42.5 Å². The molecule has 0 spiro atoms. The van der Waals surface area contributed by atoms with Crippen molar-refractivity contribution in [3.8, 4) is 16.9 Å². The molecular weight excluding hydrogens is 508 g/mol. The van der Waals surface area contributed by atoms with Crippen molar-refractivity contribution in [2.24, 2.45) is 11.7 Å². The zero-order valence-electron chi connectivity index (χ0n) is 20.6. The summed E-state index contributed by atoms with van der Waals surface area (Å²) in [6.45, 7) is 0.123. The SMILES string of the molecule is CS(=O)(=O)Nc1cccc(N2C(=O)[C@H](CC(=O)O)C[C@H]2COc2ccc(-c3ccc(C(=N)N)cc3)cc2)c1. The van der Waals surface area contributed by atoms with Gasteiger partial charge in [0.15, 0.2) is 0 Å². The summed E-state index contributed by atoms with van der Waals surface area (Å²) in [5.74, 6) is -1.54. The van der Waals surface area contributed by atoms with E-state index in [2.05, 4.69) is 4.72 Å². The number of nitrogens with zero attached hydrogens (tertiary/aromatic N) is 1. The molecule has 1 heterocycles. The summed E-state index contributed by atoms with van der Waals surface area (Å²) in [6.07, 6.45) is 1.02. The van der Waals surface area contributed by atoms with Gasteiger partial charge in [-0.05, 0) is 47.9 Å². The van der Waals surface area contributed by atoms with E-state index in [1.807, 2.05) is 24.3 Å². The first kappa shape index (κ1) is 26.7. The van der Waals surface area contributed by atoms with Gasteiger partial charge in [0.05, 0.1) is 30.3 Å². The summed E-state index contributed by atoms with van der Waals surface area (Å²) in [4.78, 5) is 26.0. The standard InChI is InChI=1S/C27H28N4O6S/c1-38(35,36)30-21-3-2-4-22(15-21)31-23(13-20(27(31)34)14-25(32)33)16-37-24-11-9-18(10-12-24)17-5-7-19(8-6-17)26(28)29/h2-12,15,20,23,30H,13-14,16H2,1H3,(H3,28,29)(H,32,33)/t20-,23-/m0/s1. The van der Waals surface area contributed by atoms with Gasteiger partial charge in [-0.2, -0.15) is 0 Å². The molecule has 10 nitrogen and oxygen atoms in total. The maximum atomic E-state index is 13.2. The predicted molar refractivity (Wildman–Crippen MR) is 145 cm³/mol. The van der Waals surface area contributed by atoms with Crippen LogP contribution in [-0.2, 0) is 19.6 Å². The molecule has 0 bridgehead atoms. The molecule has 0 radical (unpaired) electrons. The second-order valence-corrected chi connectivity index (χ2v) is 10.9. The third-order valence-electron chi connectivity index (χ3n) is 6.18. The highest BCUT2D eigenvalue weighted by Crippen LogP contribution is 2.34. The number of aliphatic carboxylic acids is 1. The van der Waals surface area contributed by atoms with Crippen molar-refractivity contribution < 1.29 is 27.9 Å². The van der Waals surface area contributed by atoms with E-state index < -0.39 is 28.0 Å². The molecule has 0 unspecified atom stereocenters. The lowest BCUT2D eigenvalue weighted by Crippen LogP contribution is -2.37. The Morgan fingerprint density at radius 3 is 2.32 bits per heavy atom. The molecule has 0 aliphatic carbocycles. The van der Waals surface area contributed by atoms with Crippen molar-refractivity contribution in [2.45, 2.75) is 18.9 Å². The molecule has 3 aromatic carbocycles. The molecule has 11 heteroatoms. The number of nitrogens with one attached hydrogen (secondary N) is 2. The highest BCUT2D eigenvalue weighted by atomic mass is 32.2. The Labute approximate surface area is 220 Å². The second kappa shape index (κ2) is 10.9. The lowest BCUT2D eigenvalue weighted by atomic mass is 10.0. The van der Waals surface area contributed by atoms with Gasteiger partial charge in [0.25, 0.3) is 0 Å². The first-order chi connectivity index (χ1) is 18.0. The third-order valence-corrected chi connectivity index (χ3v) is 6.79. The molecule has 198 valence electrons. The van der Waals surface area contributed by atoms with E-state index in [-0.39, 0.29) is 31.2 Å². The maximum Gasteiger partial charge on any atom is 0.304 e. The van der Waals surface area contributed by atoms with Crippen molar-refractivity contribution in [1.82, 2.24) is 0 Å². The maximum absolute atomic E-state index is 13.2. The van der Waals surface area contributed by atoms with Crippen LogP contribution in [0.4, 0.5) is 11.4 Å². The number of carbonyl (C=O) groups excluding carboxylic acids is 1. The minimum absolute atomic E-state index is 0.00344. The van der Waals surface area contributed by atoms with E-state index in [1.165, 1.54) is 4.90 Å². The number of amidine groups is 1. The summed E-state index contributed by atoms with van der Waals surface area (Å²) >= 11 is 0. The quantitative estimate of drug-likeness (QED) is 0.228. The van der Waals surface area contributed by atoms with Crippen molar-refractivity contribution >= 4 is 39.1 Å². The molecular formula is C27H28N4O6S. The van der Waals surface area contributed by atoms with Gasteiger partial charge in [-0.15, -0.1) is 0 Å². The van der Waals surface area contributed by atoms with E-state index in [4.69, 9.17) is 15.9 Å². The number of nitrogen functional groups attached to an aromatic ring is 1. The largest absolute Gasteiger partial charge is 0.491 e. The van der Waals surface area contributed by atoms with Gasteiger partial charge in [-0.25, -0.2) is 8.42 Å². The zero-order chi connectivity index (χ0) is 27.4. The smallest absolute Gasteiger partial charge is 0.304 e. The van der Waals surface area contributed by atoms with Crippen molar-refractivity contribution in [2.75, 3.05) is 22.5 Å². The molecule has 1 aliphatic heterocycles. The number of rotatable bonds is 10. The summed E-state index contributed by atoms with van der Waals surface area (Å²) in [7, 11) is -3.52. The fourth-order valence-corrected chi connectivity index (χ4v) is 5.04. The highest BCUT2D eigenvalue weighted by Gasteiger charge is 2.41. The topological polar surface area (TPSA) is 163 Å². The molecule has 1 fully saturated rings. The first-order valence-electron chi connectivity index (χ1n) is 11.8. The molecule has 2 atom stereocenters. The minimum Gasteiger partial charge on any atom is -0.491 e. The Hall–Kier alpha value is -4.38. The van der Waals surface area contributed by atoms with Crippen LogP contribution in [0.1, 0.15) is 18.4 Å². The van der Waals surface area contributed by atoms with Crippen LogP contribution in [0.5, 0.6) is 5.75 Å². The van der Waals surface area contributed by atoms with Gasteiger partial charge in [0.1, 0.15) is 18.2 Å². The van der Waals surface area contributed by atoms with E-state index in [0.29, 0.717) is 22.7 Å². The summed E-state index contributed by atoms with van der Waals surface area (Å²) in [6, 6.07) is 20.7. The van der Waals surface area contributed by atoms with E-state index in [0.717, 1.165) is 17.4 Å². The molecule has 1 amide bonds. The Morgan fingerprint density at radius 1 is 1.11 bits per heavy atom. The number of amides is 1. The average molecular weight is 537 g/mol. The summed E-state index contributed by atoms with van der Waals surface area (Å²) in [5, 5.41) is 16.8. The number of carboxylic acids is 1. The van der Waals surface area contributed by atoms with Crippen LogP contribution in [0, 0.1) is 11.3 Å². The Balaban J connectivity index is 1.51. The van der Waals surface area contributed by atoms with Crippen LogP contribution in [0.25, 0.3) is 11.1 Å². The number of carbonyl (C=O) groups is 2. The van der Waals surface area contributed by atoms with Gasteiger partial charge >= 0.3 is 5.97 Å². The summed E-state index contributed by atoms with van der Waals surface area (Å²) < 4.78 is 31.7. The van der Waals surface area contributed by atoms with Crippen LogP contribution in [0.2, 0.25) is 0 Å². The molecule has 0 aromatic heterocycles. The van der Waals surface area contributed by atoms with Crippen molar-refractivity contribution in [1.29, 1.82) is 5.41 Å². The van der Waals surface area contributed by atoms with Crippen molar-refractivity contribution in [3.63, 3.8) is 0 Å². The zero-order valence-corrected chi connectivity index (χ0v) is 21.4. The fourth-order valence-electron chi connectivity index (χ4n) is 4.48. The van der Waals surface area contributed by atoms with Crippen LogP contribution in [0.3, 0.4) is 0 Å². The Bertz CT molecular complexity index is 1460. The van der Waals surface area contributed by atoms with Crippen molar-refractivity contribution in [3.05, 3.63) is 78.4 Å². The predicted octanol–water partition coefficient (Wildman–Crippen LogP) is 3.28. The van der Waals surface area contributed by atoms with Gasteiger partial charge in [0, 0.05) is 11.3 Å². The van der Waals surface area contributed by atoms with Crippen LogP contribution in [0.15, 0.2) is 72.8 Å². The first-order valence-corrected chi connectivity index (χ1v) is 13.7. The van der Waals surface area contributed by atoms with Gasteiger partial charge in [0.2, 0.25) is 15.9 Å². The summed E-state index contributed by atoms with van der Waals surface area (Å²) in [5.41, 5.74) is 8.80. The average Bonchev–Trinajstić information content (AvgIpc) is 3.16. The van der Waals surface area contributed by atoms with Crippen LogP contribution >= 0.6 is 0 Å². The van der Waals surface area contributed by atoms with E-state index >= 15 is 0 Å². The van der Waals surface area contributed by atoms with E-state index in [1.54, 1.807) is 48.5 Å². The van der Waals surface area contributed by atoms with Gasteiger partial charge < -0.3 is 20.5 Å². The lowest BCUT2D eigenvalue weighted by Gasteiger charge is -2.25. The second-order valence-electron chi connectivity index (χ2n) is 9.14. The Kier molecular flexibility index (Phi) is 7.67. The van der Waals surface area contributed by atoms with Crippen LogP contribution in [-0.4, -0.2) is 50.1 Å². The normalized spacial score (nSPS) is 17.3. The Morgan fingerprint density at radius 2 is 1.74 bits per heavy atom. The minimum atomic E-state index is -3.52.